The number of benzene rings is 3. The lowest BCUT2D eigenvalue weighted by atomic mass is 9.70. The fraction of sp³-hybridized carbons (Fsp3) is 0.381. The SMILES string of the molecule is C=CCCC(=O)N[C@H](C)[C@@H](OC(=O)[C@H]1[C@@H]2O[C@@]3(CC2Br)[C@@H]1C(=O)N([C@H](CO)c1ccccc1)[C@@H]3C(=O)N(CC=C)c1c(C)cccc1Cl)c1ccccc1. The van der Waals surface area contributed by atoms with E-state index in [1.54, 1.807) is 55.5 Å². The molecule has 3 heterocycles. The smallest absolute Gasteiger partial charge is 0.313 e. The largest absolute Gasteiger partial charge is 0.455 e. The van der Waals surface area contributed by atoms with E-state index in [0.717, 1.165) is 5.56 Å². The summed E-state index contributed by atoms with van der Waals surface area (Å²) in [4.78, 5) is 60.3. The van der Waals surface area contributed by atoms with Crippen LogP contribution in [0.15, 0.2) is 104 Å². The minimum Gasteiger partial charge on any atom is -0.455 e. The number of likely N-dealkylation sites (tertiary alicyclic amines) is 1. The molecule has 3 fully saturated rings. The Morgan fingerprint density at radius 3 is 2.35 bits per heavy atom. The number of para-hydroxylation sites is 1. The van der Waals surface area contributed by atoms with E-state index >= 15 is 9.59 Å². The molecule has 0 aromatic heterocycles. The van der Waals surface area contributed by atoms with Crippen LogP contribution in [0.2, 0.25) is 5.02 Å². The highest BCUT2D eigenvalue weighted by atomic mass is 79.9. The van der Waals surface area contributed by atoms with Crippen LogP contribution in [0, 0.1) is 18.8 Å². The lowest BCUT2D eigenvalue weighted by Gasteiger charge is -2.40. The number of fused-ring (bicyclic) bond motifs is 1. The number of hydrogen-bond donors (Lipinski definition) is 2. The molecule has 10 nitrogen and oxygen atoms in total. The summed E-state index contributed by atoms with van der Waals surface area (Å²) < 4.78 is 13.1. The summed E-state index contributed by atoms with van der Waals surface area (Å²) in [5.74, 6) is -4.14. The van der Waals surface area contributed by atoms with Crippen LogP contribution in [0.25, 0.3) is 0 Å². The minimum absolute atomic E-state index is 0.0691. The normalized spacial score (nSPS) is 25.7. The second-order valence-corrected chi connectivity index (χ2v) is 15.7. The fourth-order valence-electron chi connectivity index (χ4n) is 8.45. The molecule has 0 aliphatic carbocycles. The molecule has 3 aromatic carbocycles. The van der Waals surface area contributed by atoms with Crippen LogP contribution in [-0.2, 0) is 28.7 Å². The third-order valence-corrected chi connectivity index (χ3v) is 11.9. The first-order chi connectivity index (χ1) is 26.0. The Morgan fingerprint density at radius 1 is 1.07 bits per heavy atom. The molecule has 2 bridgehead atoms. The Labute approximate surface area is 329 Å². The van der Waals surface area contributed by atoms with Gasteiger partial charge < -0.3 is 29.7 Å². The van der Waals surface area contributed by atoms with Crippen molar-refractivity contribution in [2.45, 2.75) is 73.9 Å². The number of alkyl halides is 1. The Balaban J connectivity index is 1.43. The van der Waals surface area contributed by atoms with Crippen molar-refractivity contribution in [1.82, 2.24) is 10.2 Å². The van der Waals surface area contributed by atoms with Gasteiger partial charge in [0.15, 0.2) is 0 Å². The molecular weight excluding hydrogens is 774 g/mol. The zero-order valence-corrected chi connectivity index (χ0v) is 32.6. The number of halogens is 2. The molecule has 1 unspecified atom stereocenters. The molecule has 12 heteroatoms. The molecule has 0 radical (unpaired) electrons. The highest BCUT2D eigenvalue weighted by Crippen LogP contribution is 2.62. The first-order valence-electron chi connectivity index (χ1n) is 18.1. The first-order valence-corrected chi connectivity index (χ1v) is 19.4. The van der Waals surface area contributed by atoms with Gasteiger partial charge in [-0.05, 0) is 49.4 Å². The van der Waals surface area contributed by atoms with Gasteiger partial charge in [-0.3, -0.25) is 19.2 Å². The summed E-state index contributed by atoms with van der Waals surface area (Å²) in [5, 5.41) is 14.2. The Bertz CT molecular complexity index is 1880. The summed E-state index contributed by atoms with van der Waals surface area (Å²) in [6, 6.07) is 20.6. The Kier molecular flexibility index (Phi) is 12.1. The van der Waals surface area contributed by atoms with Gasteiger partial charge in [0.25, 0.3) is 5.91 Å². The number of hydrogen-bond acceptors (Lipinski definition) is 7. The van der Waals surface area contributed by atoms with Gasteiger partial charge in [-0.1, -0.05) is 112 Å². The van der Waals surface area contributed by atoms with Crippen LogP contribution >= 0.6 is 27.5 Å². The number of aliphatic hydroxyl groups excluding tert-OH is 1. The highest BCUT2D eigenvalue weighted by Gasteiger charge is 2.78. The summed E-state index contributed by atoms with van der Waals surface area (Å²) in [6.07, 6.45) is 2.48. The predicted molar refractivity (Wildman–Crippen MR) is 210 cm³/mol. The summed E-state index contributed by atoms with van der Waals surface area (Å²) >= 11 is 10.5. The third-order valence-electron chi connectivity index (χ3n) is 10.8. The number of ether oxygens (including phenoxy) is 2. The zero-order valence-electron chi connectivity index (χ0n) is 30.3. The number of amides is 3. The Hall–Kier alpha value is -4.29. The van der Waals surface area contributed by atoms with Crippen LogP contribution in [0.5, 0.6) is 0 Å². The maximum absolute atomic E-state index is 15.3. The number of nitrogens with zero attached hydrogens (tertiary/aromatic N) is 2. The predicted octanol–water partition coefficient (Wildman–Crippen LogP) is 6.40. The van der Waals surface area contributed by atoms with E-state index in [1.165, 1.54) is 9.80 Å². The molecule has 1 spiro atoms. The number of anilines is 1. The second-order valence-electron chi connectivity index (χ2n) is 14.1. The van der Waals surface area contributed by atoms with Gasteiger partial charge in [0.05, 0.1) is 47.3 Å². The molecule has 9 atom stereocenters. The molecule has 3 amide bonds. The van der Waals surface area contributed by atoms with E-state index < -0.39 is 77.0 Å². The number of allylic oxidation sites excluding steroid dienone is 1. The molecule has 54 heavy (non-hydrogen) atoms. The molecule has 3 aliphatic rings. The number of rotatable bonds is 15. The first kappa shape index (κ1) is 39.4. The lowest BCUT2D eigenvalue weighted by molar-refractivity contribution is -0.162. The van der Waals surface area contributed by atoms with Gasteiger partial charge >= 0.3 is 5.97 Å². The molecule has 0 saturated carbocycles. The average Bonchev–Trinajstić information content (AvgIpc) is 3.76. The molecule has 3 saturated heterocycles. The monoisotopic (exact) mass is 817 g/mol. The zero-order chi connectivity index (χ0) is 38.7. The Morgan fingerprint density at radius 2 is 1.74 bits per heavy atom. The second kappa shape index (κ2) is 16.6. The van der Waals surface area contributed by atoms with Gasteiger partial charge in [-0.2, -0.15) is 0 Å². The van der Waals surface area contributed by atoms with Crippen molar-refractivity contribution in [2.75, 3.05) is 18.1 Å². The van der Waals surface area contributed by atoms with Gasteiger partial charge in [0.2, 0.25) is 11.8 Å². The summed E-state index contributed by atoms with van der Waals surface area (Å²) in [7, 11) is 0. The van der Waals surface area contributed by atoms with Crippen LogP contribution in [0.1, 0.15) is 55.0 Å². The molecule has 6 rings (SSSR count). The topological polar surface area (TPSA) is 125 Å². The maximum atomic E-state index is 15.3. The summed E-state index contributed by atoms with van der Waals surface area (Å²) in [5.41, 5.74) is 0.994. The number of carbonyl (C=O) groups is 4. The van der Waals surface area contributed by atoms with Crippen LogP contribution in [0.3, 0.4) is 0 Å². The van der Waals surface area contributed by atoms with Crippen molar-refractivity contribution in [3.05, 3.63) is 126 Å². The van der Waals surface area contributed by atoms with Crippen LogP contribution in [-0.4, -0.2) is 75.5 Å². The number of carbonyl (C=O) groups excluding carboxylic acids is 4. The number of aryl methyl sites for hydroxylation is 1. The maximum Gasteiger partial charge on any atom is 0.313 e. The third kappa shape index (κ3) is 7.14. The van der Waals surface area contributed by atoms with E-state index in [4.69, 9.17) is 21.1 Å². The lowest BCUT2D eigenvalue weighted by Crippen LogP contribution is -2.57. The fourth-order valence-corrected chi connectivity index (χ4v) is 9.72. The highest BCUT2D eigenvalue weighted by molar-refractivity contribution is 9.09. The minimum atomic E-state index is -1.47. The van der Waals surface area contributed by atoms with Crippen molar-refractivity contribution in [3.63, 3.8) is 0 Å². The van der Waals surface area contributed by atoms with E-state index in [1.807, 2.05) is 49.4 Å². The van der Waals surface area contributed by atoms with E-state index in [9.17, 15) is 14.7 Å². The molecule has 3 aliphatic heterocycles. The van der Waals surface area contributed by atoms with Crippen molar-refractivity contribution >= 4 is 56.9 Å². The average molecular weight is 819 g/mol. The number of esters is 1. The van der Waals surface area contributed by atoms with Gasteiger partial charge in [0.1, 0.15) is 17.7 Å². The van der Waals surface area contributed by atoms with Crippen molar-refractivity contribution in [2.24, 2.45) is 11.8 Å². The van der Waals surface area contributed by atoms with E-state index in [-0.39, 0.29) is 25.3 Å². The van der Waals surface area contributed by atoms with E-state index in [2.05, 4.69) is 34.4 Å². The van der Waals surface area contributed by atoms with Gasteiger partial charge in [-0.15, -0.1) is 13.2 Å². The van der Waals surface area contributed by atoms with Crippen LogP contribution in [0.4, 0.5) is 5.69 Å². The molecule has 3 aromatic rings. The number of nitrogens with one attached hydrogen (secondary N) is 1. The van der Waals surface area contributed by atoms with E-state index in [0.29, 0.717) is 28.3 Å². The standard InChI is InChI=1S/C42H45BrClN3O7/c1-5-7-21-32(49)45-26(4)36(28-18-12-9-13-19-28)53-41(52)33-34-39(50)47(31(24-48)27-16-10-8-11-17-27)38(42(34)23-29(43)37(33)54-42)40(51)46(22-6-2)35-25(3)15-14-20-30(35)44/h5-6,8-20,26,29,31,33-34,36-38,48H,1-2,7,21-24H2,3-4H3,(H,45,49)/t26-,29?,31-,33-,34+,36-,37-,38-,42+/m1/s1. The summed E-state index contributed by atoms with van der Waals surface area (Å²) in [6.45, 7) is 10.8. The molecule has 284 valence electrons. The van der Waals surface area contributed by atoms with Crippen molar-refractivity contribution < 1.29 is 33.8 Å². The molecule has 2 N–H and O–H groups in total. The van der Waals surface area contributed by atoms with Crippen LogP contribution < -0.4 is 10.2 Å². The van der Waals surface area contributed by atoms with Gasteiger partial charge in [0, 0.05) is 17.8 Å². The molecular formula is C42H45BrClN3O7. The quantitative estimate of drug-likeness (QED) is 0.103. The van der Waals surface area contributed by atoms with Crippen molar-refractivity contribution in [3.8, 4) is 0 Å². The van der Waals surface area contributed by atoms with Gasteiger partial charge in [-0.25, -0.2) is 0 Å². The number of aliphatic hydroxyl groups is 1. The van der Waals surface area contributed by atoms with Crippen molar-refractivity contribution in [1.29, 1.82) is 0 Å².